The highest BCUT2D eigenvalue weighted by Crippen LogP contribution is 2.24. The number of rotatable bonds is 2. The Kier molecular flexibility index (Phi) is 4.46. The van der Waals surface area contributed by atoms with E-state index in [2.05, 4.69) is 11.9 Å². The Morgan fingerprint density at radius 3 is 2.72 bits per heavy atom. The van der Waals surface area contributed by atoms with E-state index in [4.69, 9.17) is 23.2 Å². The average molecular weight is 287 g/mol. The Labute approximate surface area is 117 Å². The molecule has 0 spiro atoms. The highest BCUT2D eigenvalue weighted by molar-refractivity contribution is 6.35. The number of likely N-dealkylation sites (tertiary alicyclic amines) is 1. The number of carbonyl (C=O) groups is 1. The average Bonchev–Trinajstić information content (AvgIpc) is 2.41. The molecule has 1 aliphatic rings. The highest BCUT2D eigenvalue weighted by Gasteiger charge is 2.24. The Morgan fingerprint density at radius 2 is 2.11 bits per heavy atom. The lowest BCUT2D eigenvalue weighted by molar-refractivity contribution is 0.0689. The van der Waals surface area contributed by atoms with Gasteiger partial charge in [-0.1, -0.05) is 36.5 Å². The molecule has 0 aromatic carbocycles. The quantitative estimate of drug-likeness (QED) is 0.778. The summed E-state index contributed by atoms with van der Waals surface area (Å²) < 4.78 is 0. The van der Waals surface area contributed by atoms with E-state index in [1.54, 1.807) is 0 Å². The number of hydrogen-bond acceptors (Lipinski definition) is 2. The van der Waals surface area contributed by atoms with E-state index in [9.17, 15) is 4.79 Å². The Hall–Kier alpha value is -0.800. The number of pyridine rings is 1. The zero-order chi connectivity index (χ0) is 13.1. The summed E-state index contributed by atoms with van der Waals surface area (Å²) in [6, 6.07) is 1.54. The summed E-state index contributed by atoms with van der Waals surface area (Å²) in [6.45, 7) is 3.79. The van der Waals surface area contributed by atoms with Crippen molar-refractivity contribution in [2.75, 3.05) is 13.1 Å². The molecule has 0 unspecified atom stereocenters. The molecule has 0 N–H and O–H groups in total. The predicted octanol–water partition coefficient (Wildman–Crippen LogP) is 3.65. The van der Waals surface area contributed by atoms with Gasteiger partial charge in [0.05, 0.1) is 10.6 Å². The van der Waals surface area contributed by atoms with Crippen molar-refractivity contribution in [2.24, 2.45) is 5.92 Å². The predicted molar refractivity (Wildman–Crippen MR) is 73.2 cm³/mol. The van der Waals surface area contributed by atoms with Crippen molar-refractivity contribution in [1.29, 1.82) is 0 Å². The zero-order valence-electron chi connectivity index (χ0n) is 10.3. The first-order valence-corrected chi connectivity index (χ1v) is 6.97. The van der Waals surface area contributed by atoms with Gasteiger partial charge in [-0.3, -0.25) is 4.79 Å². The number of hydrogen-bond donors (Lipinski definition) is 0. The molecule has 3 nitrogen and oxygen atoms in total. The molecular weight excluding hydrogens is 271 g/mol. The minimum absolute atomic E-state index is 0.0427. The van der Waals surface area contributed by atoms with Crippen LogP contribution in [0.4, 0.5) is 0 Å². The standard InChI is InChI=1S/C13H16Cl2N2O/c1-2-9-3-5-17(6-4-9)13(18)10-7-12(15)16-8-11(10)14/h7-9H,2-6H2,1H3. The van der Waals surface area contributed by atoms with Crippen LogP contribution in [0.5, 0.6) is 0 Å². The van der Waals surface area contributed by atoms with Gasteiger partial charge in [0.2, 0.25) is 0 Å². The van der Waals surface area contributed by atoms with Crippen molar-refractivity contribution < 1.29 is 4.79 Å². The van der Waals surface area contributed by atoms with Crippen LogP contribution in [0.15, 0.2) is 12.3 Å². The summed E-state index contributed by atoms with van der Waals surface area (Å²) in [6.07, 6.45) is 4.75. The van der Waals surface area contributed by atoms with E-state index in [0.717, 1.165) is 31.8 Å². The Bertz CT molecular complexity index is 443. The van der Waals surface area contributed by atoms with Gasteiger partial charge in [0, 0.05) is 19.3 Å². The molecule has 0 atom stereocenters. The molecule has 0 aliphatic carbocycles. The molecule has 1 aliphatic heterocycles. The van der Waals surface area contributed by atoms with Gasteiger partial charge < -0.3 is 4.90 Å². The van der Waals surface area contributed by atoms with E-state index in [1.807, 2.05) is 4.90 Å². The largest absolute Gasteiger partial charge is 0.339 e. The molecule has 2 rings (SSSR count). The van der Waals surface area contributed by atoms with Crippen LogP contribution in [0.3, 0.4) is 0 Å². The molecule has 98 valence electrons. The third-order valence-electron chi connectivity index (χ3n) is 3.53. The fourth-order valence-electron chi connectivity index (χ4n) is 2.29. The van der Waals surface area contributed by atoms with Crippen LogP contribution in [0, 0.1) is 5.92 Å². The minimum atomic E-state index is -0.0427. The van der Waals surface area contributed by atoms with Crippen molar-refractivity contribution in [3.05, 3.63) is 28.0 Å². The van der Waals surface area contributed by atoms with Crippen LogP contribution in [-0.4, -0.2) is 28.9 Å². The van der Waals surface area contributed by atoms with Crippen LogP contribution < -0.4 is 0 Å². The number of piperidine rings is 1. The van der Waals surface area contributed by atoms with Crippen molar-refractivity contribution in [3.63, 3.8) is 0 Å². The van der Waals surface area contributed by atoms with Gasteiger partial charge in [-0.2, -0.15) is 0 Å². The summed E-state index contributed by atoms with van der Waals surface area (Å²) in [4.78, 5) is 18.0. The smallest absolute Gasteiger partial charge is 0.255 e. The van der Waals surface area contributed by atoms with Crippen LogP contribution in [0.25, 0.3) is 0 Å². The van der Waals surface area contributed by atoms with Crippen molar-refractivity contribution >= 4 is 29.1 Å². The fraction of sp³-hybridized carbons (Fsp3) is 0.538. The minimum Gasteiger partial charge on any atom is -0.339 e. The van der Waals surface area contributed by atoms with E-state index >= 15 is 0 Å². The molecule has 1 fully saturated rings. The first-order valence-electron chi connectivity index (χ1n) is 6.22. The molecule has 1 aromatic rings. The van der Waals surface area contributed by atoms with Crippen molar-refractivity contribution in [3.8, 4) is 0 Å². The zero-order valence-corrected chi connectivity index (χ0v) is 11.8. The number of amides is 1. The topological polar surface area (TPSA) is 33.2 Å². The van der Waals surface area contributed by atoms with E-state index in [-0.39, 0.29) is 5.91 Å². The lowest BCUT2D eigenvalue weighted by atomic mass is 9.94. The molecule has 18 heavy (non-hydrogen) atoms. The SMILES string of the molecule is CCC1CCN(C(=O)c2cc(Cl)ncc2Cl)CC1. The highest BCUT2D eigenvalue weighted by atomic mass is 35.5. The maximum atomic E-state index is 12.3. The van der Waals surface area contributed by atoms with Gasteiger partial charge in [-0.05, 0) is 24.8 Å². The van der Waals surface area contributed by atoms with Gasteiger partial charge in [0.15, 0.2) is 0 Å². The number of aromatic nitrogens is 1. The maximum Gasteiger partial charge on any atom is 0.255 e. The summed E-state index contributed by atoms with van der Waals surface area (Å²) in [5, 5.41) is 0.660. The van der Waals surface area contributed by atoms with Crippen molar-refractivity contribution in [1.82, 2.24) is 9.88 Å². The third kappa shape index (κ3) is 2.96. The van der Waals surface area contributed by atoms with Crippen LogP contribution in [0.1, 0.15) is 36.5 Å². The van der Waals surface area contributed by atoms with Gasteiger partial charge in [0.25, 0.3) is 5.91 Å². The monoisotopic (exact) mass is 286 g/mol. The van der Waals surface area contributed by atoms with Gasteiger partial charge in [-0.15, -0.1) is 0 Å². The van der Waals surface area contributed by atoms with Crippen LogP contribution in [0.2, 0.25) is 10.2 Å². The number of nitrogens with zero attached hydrogens (tertiary/aromatic N) is 2. The summed E-state index contributed by atoms with van der Waals surface area (Å²) in [7, 11) is 0. The fourth-order valence-corrected chi connectivity index (χ4v) is 2.63. The molecule has 5 heteroatoms. The molecule has 1 aromatic heterocycles. The summed E-state index contributed by atoms with van der Waals surface area (Å²) >= 11 is 11.8. The van der Waals surface area contributed by atoms with E-state index < -0.39 is 0 Å². The van der Waals surface area contributed by atoms with Gasteiger partial charge in [-0.25, -0.2) is 4.98 Å². The second-order valence-electron chi connectivity index (χ2n) is 4.63. The summed E-state index contributed by atoms with van der Waals surface area (Å²) in [5.74, 6) is 0.699. The normalized spacial score (nSPS) is 16.9. The second kappa shape index (κ2) is 5.89. The second-order valence-corrected chi connectivity index (χ2v) is 5.43. The first kappa shape index (κ1) is 13.6. The lowest BCUT2D eigenvalue weighted by Gasteiger charge is -2.31. The van der Waals surface area contributed by atoms with Gasteiger partial charge in [0.1, 0.15) is 5.15 Å². The van der Waals surface area contributed by atoms with Crippen molar-refractivity contribution in [2.45, 2.75) is 26.2 Å². The molecule has 2 heterocycles. The number of carbonyl (C=O) groups excluding carboxylic acids is 1. The molecular formula is C13H16Cl2N2O. The molecule has 0 saturated carbocycles. The molecule has 0 bridgehead atoms. The lowest BCUT2D eigenvalue weighted by Crippen LogP contribution is -2.38. The Morgan fingerprint density at radius 1 is 1.44 bits per heavy atom. The van der Waals surface area contributed by atoms with E-state index in [1.165, 1.54) is 18.7 Å². The maximum absolute atomic E-state index is 12.3. The van der Waals surface area contributed by atoms with Crippen LogP contribution >= 0.6 is 23.2 Å². The molecule has 1 amide bonds. The third-order valence-corrected chi connectivity index (χ3v) is 4.04. The summed E-state index contributed by atoms with van der Waals surface area (Å²) in [5.41, 5.74) is 0.451. The number of halogens is 2. The van der Waals surface area contributed by atoms with Gasteiger partial charge >= 0.3 is 0 Å². The first-order chi connectivity index (χ1) is 8.61. The molecule has 0 radical (unpaired) electrons. The van der Waals surface area contributed by atoms with Crippen LogP contribution in [-0.2, 0) is 0 Å². The molecule has 1 saturated heterocycles. The Balaban J connectivity index is 2.10. The van der Waals surface area contributed by atoms with E-state index in [0.29, 0.717) is 15.7 Å².